The first kappa shape index (κ1) is 12.9. The van der Waals surface area contributed by atoms with E-state index >= 15 is 0 Å². The summed E-state index contributed by atoms with van der Waals surface area (Å²) in [5.74, 6) is 0. The zero-order valence-electron chi connectivity index (χ0n) is 5.97. The van der Waals surface area contributed by atoms with Gasteiger partial charge in [0.15, 0.2) is 0 Å². The Morgan fingerprint density at radius 2 is 1.60 bits per heavy atom. The van der Waals surface area contributed by atoms with Crippen LogP contribution in [0.2, 0.25) is 0 Å². The van der Waals surface area contributed by atoms with Crippen LogP contribution in [0.25, 0.3) is 0 Å². The van der Waals surface area contributed by atoms with Crippen molar-refractivity contribution in [2.24, 2.45) is 0 Å². The van der Waals surface area contributed by atoms with Crippen LogP contribution in [0.4, 0.5) is 5.69 Å². The van der Waals surface area contributed by atoms with Gasteiger partial charge in [-0.2, -0.15) is 0 Å². The standard InChI is InChI=1S/C7H9N.BrH.Mg/c1-8-7-5-3-2-4-6-7;;/h2-6,8H,1H3;1H;/q;;+2/p-1. The van der Waals surface area contributed by atoms with Gasteiger partial charge in [-0.05, 0) is 12.1 Å². The van der Waals surface area contributed by atoms with Gasteiger partial charge in [0.05, 0.1) is 0 Å². The number of rotatable bonds is 1. The van der Waals surface area contributed by atoms with Crippen molar-refractivity contribution in [1.29, 1.82) is 0 Å². The zero-order valence-corrected chi connectivity index (χ0v) is 8.97. The van der Waals surface area contributed by atoms with Crippen LogP contribution in [0.15, 0.2) is 30.3 Å². The van der Waals surface area contributed by atoms with Crippen molar-refractivity contribution >= 4 is 28.7 Å². The minimum atomic E-state index is 0. The number of para-hydroxylation sites is 1. The van der Waals surface area contributed by atoms with Gasteiger partial charge in [0.1, 0.15) is 0 Å². The normalized spacial score (nSPS) is 6.90. The predicted molar refractivity (Wildman–Crippen MR) is 41.7 cm³/mol. The van der Waals surface area contributed by atoms with E-state index in [0.717, 1.165) is 5.69 Å². The van der Waals surface area contributed by atoms with E-state index in [0.29, 0.717) is 0 Å². The summed E-state index contributed by atoms with van der Waals surface area (Å²) in [6.07, 6.45) is 0. The van der Waals surface area contributed by atoms with E-state index in [9.17, 15) is 0 Å². The first-order valence-electron chi connectivity index (χ1n) is 2.66. The molecule has 0 aliphatic carbocycles. The van der Waals surface area contributed by atoms with Crippen molar-refractivity contribution in [3.8, 4) is 0 Å². The molecule has 0 saturated carbocycles. The quantitative estimate of drug-likeness (QED) is 0.549. The Kier molecular flexibility index (Phi) is 9.51. The molecule has 0 amide bonds. The molecule has 1 rings (SSSR count). The van der Waals surface area contributed by atoms with Gasteiger partial charge in [-0.1, -0.05) is 18.2 Å². The van der Waals surface area contributed by atoms with E-state index in [1.807, 2.05) is 37.4 Å². The maximum Gasteiger partial charge on any atom is 2.00 e. The molecule has 0 bridgehead atoms. The molecule has 1 aromatic carbocycles. The molecule has 0 atom stereocenters. The molecule has 3 heteroatoms. The average molecular weight is 211 g/mol. The number of benzene rings is 1. The third-order valence-corrected chi connectivity index (χ3v) is 1.06. The van der Waals surface area contributed by atoms with Gasteiger partial charge in [0, 0.05) is 12.7 Å². The molecule has 0 radical (unpaired) electrons. The Hall–Kier alpha value is 0.266. The molecular weight excluding hydrogens is 202 g/mol. The number of halogens is 1. The number of hydrogen-bond acceptors (Lipinski definition) is 1. The van der Waals surface area contributed by atoms with Crippen molar-refractivity contribution in [3.05, 3.63) is 30.3 Å². The van der Waals surface area contributed by atoms with Gasteiger partial charge in [-0.25, -0.2) is 0 Å². The molecule has 0 heterocycles. The Morgan fingerprint density at radius 3 is 1.90 bits per heavy atom. The molecule has 50 valence electrons. The molecule has 10 heavy (non-hydrogen) atoms. The second-order valence-corrected chi connectivity index (χ2v) is 1.62. The van der Waals surface area contributed by atoms with E-state index in [-0.39, 0.29) is 40.0 Å². The first-order chi connectivity index (χ1) is 3.93. The minimum absolute atomic E-state index is 0. The molecule has 0 aliphatic heterocycles. The molecule has 1 nitrogen and oxygen atoms in total. The SMILES string of the molecule is CNc1ccccc1.[Br-].[Mg+2]. The minimum Gasteiger partial charge on any atom is -1.00 e. The third-order valence-electron chi connectivity index (χ3n) is 1.06. The zero-order chi connectivity index (χ0) is 5.82. The summed E-state index contributed by atoms with van der Waals surface area (Å²) >= 11 is 0. The second kappa shape index (κ2) is 7.37. The fraction of sp³-hybridized carbons (Fsp3) is 0.143. The number of anilines is 1. The van der Waals surface area contributed by atoms with Crippen LogP contribution >= 0.6 is 0 Å². The molecule has 0 aromatic heterocycles. The predicted octanol–water partition coefficient (Wildman–Crippen LogP) is -1.65. The van der Waals surface area contributed by atoms with E-state index in [4.69, 9.17) is 0 Å². The van der Waals surface area contributed by atoms with E-state index in [1.54, 1.807) is 0 Å². The van der Waals surface area contributed by atoms with E-state index in [1.165, 1.54) is 0 Å². The molecule has 0 spiro atoms. The summed E-state index contributed by atoms with van der Waals surface area (Å²) in [7, 11) is 1.91. The van der Waals surface area contributed by atoms with Crippen molar-refractivity contribution < 1.29 is 17.0 Å². The monoisotopic (exact) mass is 210 g/mol. The molecular formula is C7H9BrMgN+. The molecule has 0 aliphatic rings. The largest absolute Gasteiger partial charge is 2.00 e. The fourth-order valence-corrected chi connectivity index (χ4v) is 0.605. The Balaban J connectivity index is 0. The van der Waals surface area contributed by atoms with Crippen LogP contribution in [0.1, 0.15) is 0 Å². The topological polar surface area (TPSA) is 12.0 Å². The van der Waals surface area contributed by atoms with Crippen LogP contribution in [0.3, 0.4) is 0 Å². The van der Waals surface area contributed by atoms with Gasteiger partial charge in [0.2, 0.25) is 0 Å². The fourth-order valence-electron chi connectivity index (χ4n) is 0.605. The van der Waals surface area contributed by atoms with Crippen LogP contribution in [-0.2, 0) is 0 Å². The van der Waals surface area contributed by atoms with E-state index < -0.39 is 0 Å². The third kappa shape index (κ3) is 4.14. The number of hydrogen-bond donors (Lipinski definition) is 1. The van der Waals surface area contributed by atoms with Gasteiger partial charge >= 0.3 is 23.1 Å². The molecule has 1 N–H and O–H groups in total. The Bertz CT molecular complexity index is 155. The van der Waals surface area contributed by atoms with Crippen LogP contribution < -0.4 is 22.3 Å². The summed E-state index contributed by atoms with van der Waals surface area (Å²) < 4.78 is 0. The van der Waals surface area contributed by atoms with E-state index in [2.05, 4.69) is 5.32 Å². The van der Waals surface area contributed by atoms with Crippen LogP contribution in [0, 0.1) is 0 Å². The van der Waals surface area contributed by atoms with Crippen molar-refractivity contribution in [2.75, 3.05) is 12.4 Å². The summed E-state index contributed by atoms with van der Waals surface area (Å²) in [5.41, 5.74) is 1.16. The number of nitrogens with one attached hydrogen (secondary N) is 1. The van der Waals surface area contributed by atoms with Gasteiger partial charge in [-0.15, -0.1) is 0 Å². The molecule has 0 unspecified atom stereocenters. The van der Waals surface area contributed by atoms with Crippen molar-refractivity contribution in [3.63, 3.8) is 0 Å². The second-order valence-electron chi connectivity index (χ2n) is 1.62. The summed E-state index contributed by atoms with van der Waals surface area (Å²) in [4.78, 5) is 0. The maximum atomic E-state index is 3.03. The molecule has 0 saturated heterocycles. The molecule has 0 fully saturated rings. The summed E-state index contributed by atoms with van der Waals surface area (Å²) in [5, 5.41) is 3.03. The Labute approximate surface area is 88.1 Å². The summed E-state index contributed by atoms with van der Waals surface area (Å²) in [6, 6.07) is 10.1. The van der Waals surface area contributed by atoms with Gasteiger partial charge in [0.25, 0.3) is 0 Å². The van der Waals surface area contributed by atoms with Gasteiger partial charge in [-0.3, -0.25) is 0 Å². The average Bonchev–Trinajstić information content (AvgIpc) is 1.90. The van der Waals surface area contributed by atoms with Crippen LogP contribution in [0.5, 0.6) is 0 Å². The van der Waals surface area contributed by atoms with Crippen LogP contribution in [-0.4, -0.2) is 30.1 Å². The molecule has 1 aromatic rings. The smallest absolute Gasteiger partial charge is 1.00 e. The van der Waals surface area contributed by atoms with Crippen molar-refractivity contribution in [1.82, 2.24) is 0 Å². The summed E-state index contributed by atoms with van der Waals surface area (Å²) in [6.45, 7) is 0. The maximum absolute atomic E-state index is 3.03. The van der Waals surface area contributed by atoms with Gasteiger partial charge < -0.3 is 22.3 Å². The Morgan fingerprint density at radius 1 is 1.10 bits per heavy atom. The van der Waals surface area contributed by atoms with Crippen molar-refractivity contribution in [2.45, 2.75) is 0 Å². The first-order valence-corrected chi connectivity index (χ1v) is 2.66.